The zero-order chi connectivity index (χ0) is 22.7. The number of hydrogen-bond donors (Lipinski definition) is 0. The number of fused-ring (bicyclic) bond motifs is 1. The lowest BCUT2D eigenvalue weighted by Crippen LogP contribution is -2.28. The first kappa shape index (κ1) is 21.0. The molecule has 0 aliphatic carbocycles. The standard InChI is InChI=1S/C25H21N3O4/c1-17-7-9-18(10-8-17)24(30)27(2)20-11-13-21(14-12-20)32-23(29)16-28-25(31)22-6-4-3-5-19(22)15-26-28/h3-15H,16H2,1-2H3. The van der Waals surface area contributed by atoms with Crippen molar-refractivity contribution in [1.29, 1.82) is 0 Å². The van der Waals surface area contributed by atoms with Crippen molar-refractivity contribution in [3.8, 4) is 5.75 Å². The molecule has 0 saturated carbocycles. The van der Waals surface area contributed by atoms with E-state index < -0.39 is 5.97 Å². The third-order valence-electron chi connectivity index (χ3n) is 5.10. The monoisotopic (exact) mass is 427 g/mol. The molecule has 0 saturated heterocycles. The van der Waals surface area contributed by atoms with Crippen LogP contribution in [0.25, 0.3) is 10.8 Å². The molecule has 1 heterocycles. The lowest BCUT2D eigenvalue weighted by Gasteiger charge is -2.18. The third-order valence-corrected chi connectivity index (χ3v) is 5.10. The van der Waals surface area contributed by atoms with Gasteiger partial charge in [-0.05, 0) is 49.4 Å². The van der Waals surface area contributed by atoms with Crippen molar-refractivity contribution in [2.75, 3.05) is 11.9 Å². The molecule has 0 unspecified atom stereocenters. The number of esters is 1. The minimum atomic E-state index is -0.619. The Morgan fingerprint density at radius 2 is 1.66 bits per heavy atom. The second kappa shape index (κ2) is 8.85. The fourth-order valence-electron chi connectivity index (χ4n) is 3.27. The second-order valence-corrected chi connectivity index (χ2v) is 7.39. The summed E-state index contributed by atoms with van der Waals surface area (Å²) in [5, 5.41) is 5.24. The summed E-state index contributed by atoms with van der Waals surface area (Å²) < 4.78 is 6.41. The molecule has 0 aliphatic heterocycles. The van der Waals surface area contributed by atoms with Crippen LogP contribution in [0.3, 0.4) is 0 Å². The highest BCUT2D eigenvalue weighted by molar-refractivity contribution is 6.05. The molecular formula is C25H21N3O4. The Balaban J connectivity index is 1.43. The van der Waals surface area contributed by atoms with Crippen molar-refractivity contribution in [3.05, 3.63) is 100 Å². The maximum atomic E-state index is 12.6. The SMILES string of the molecule is Cc1ccc(C(=O)N(C)c2ccc(OC(=O)Cn3ncc4ccccc4c3=O)cc2)cc1. The number of carbonyl (C=O) groups excluding carboxylic acids is 2. The number of carbonyl (C=O) groups is 2. The number of nitrogens with zero attached hydrogens (tertiary/aromatic N) is 3. The van der Waals surface area contributed by atoms with Gasteiger partial charge < -0.3 is 9.64 Å². The fraction of sp³-hybridized carbons (Fsp3) is 0.120. The van der Waals surface area contributed by atoms with E-state index in [0.29, 0.717) is 27.8 Å². The molecule has 0 aliphatic rings. The average molecular weight is 427 g/mol. The molecule has 7 nitrogen and oxygen atoms in total. The smallest absolute Gasteiger partial charge is 0.333 e. The van der Waals surface area contributed by atoms with Crippen molar-refractivity contribution < 1.29 is 14.3 Å². The van der Waals surface area contributed by atoms with Crippen molar-refractivity contribution >= 4 is 28.3 Å². The molecule has 32 heavy (non-hydrogen) atoms. The van der Waals surface area contributed by atoms with Crippen LogP contribution in [-0.2, 0) is 11.3 Å². The Kier molecular flexibility index (Phi) is 5.81. The highest BCUT2D eigenvalue weighted by Crippen LogP contribution is 2.20. The number of aryl methyl sites for hydroxylation is 1. The highest BCUT2D eigenvalue weighted by Gasteiger charge is 2.14. The molecule has 1 amide bonds. The molecule has 160 valence electrons. The van der Waals surface area contributed by atoms with E-state index in [4.69, 9.17) is 4.74 Å². The van der Waals surface area contributed by atoms with E-state index in [9.17, 15) is 14.4 Å². The second-order valence-electron chi connectivity index (χ2n) is 7.39. The quantitative estimate of drug-likeness (QED) is 0.359. The van der Waals surface area contributed by atoms with Gasteiger partial charge in [-0.2, -0.15) is 5.10 Å². The molecule has 4 rings (SSSR count). The normalized spacial score (nSPS) is 10.7. The van der Waals surface area contributed by atoms with E-state index in [0.717, 1.165) is 10.2 Å². The van der Waals surface area contributed by atoms with Gasteiger partial charge in [0.1, 0.15) is 12.3 Å². The Morgan fingerprint density at radius 1 is 0.969 bits per heavy atom. The van der Waals surface area contributed by atoms with Gasteiger partial charge in [-0.15, -0.1) is 0 Å². The van der Waals surface area contributed by atoms with Crippen molar-refractivity contribution in [3.63, 3.8) is 0 Å². The van der Waals surface area contributed by atoms with Crippen LogP contribution in [0.2, 0.25) is 0 Å². The topological polar surface area (TPSA) is 81.5 Å². The van der Waals surface area contributed by atoms with Crippen LogP contribution >= 0.6 is 0 Å². The molecule has 7 heteroatoms. The number of aromatic nitrogens is 2. The van der Waals surface area contributed by atoms with Crippen LogP contribution < -0.4 is 15.2 Å². The van der Waals surface area contributed by atoms with E-state index in [1.165, 1.54) is 4.90 Å². The van der Waals surface area contributed by atoms with Crippen LogP contribution in [0.5, 0.6) is 5.75 Å². The van der Waals surface area contributed by atoms with Gasteiger partial charge in [-0.3, -0.25) is 9.59 Å². The summed E-state index contributed by atoms with van der Waals surface area (Å²) in [7, 11) is 1.68. The number of hydrogen-bond acceptors (Lipinski definition) is 5. The van der Waals surface area contributed by atoms with E-state index in [1.807, 2.05) is 25.1 Å². The number of anilines is 1. The van der Waals surface area contributed by atoms with Gasteiger partial charge in [0.15, 0.2) is 0 Å². The van der Waals surface area contributed by atoms with E-state index in [1.54, 1.807) is 67.8 Å². The summed E-state index contributed by atoms with van der Waals surface area (Å²) in [6.07, 6.45) is 1.54. The van der Waals surface area contributed by atoms with Gasteiger partial charge in [-0.25, -0.2) is 9.48 Å². The van der Waals surface area contributed by atoms with Crippen LogP contribution in [0, 0.1) is 6.92 Å². The largest absolute Gasteiger partial charge is 0.425 e. The molecular weight excluding hydrogens is 406 g/mol. The van der Waals surface area contributed by atoms with Gasteiger partial charge in [0.05, 0.1) is 11.6 Å². The maximum Gasteiger partial charge on any atom is 0.333 e. The average Bonchev–Trinajstić information content (AvgIpc) is 2.81. The molecule has 0 atom stereocenters. The molecule has 0 spiro atoms. The minimum Gasteiger partial charge on any atom is -0.425 e. The highest BCUT2D eigenvalue weighted by atomic mass is 16.5. The molecule has 0 bridgehead atoms. The van der Waals surface area contributed by atoms with Gasteiger partial charge in [0.2, 0.25) is 0 Å². The summed E-state index contributed by atoms with van der Waals surface area (Å²) in [4.78, 5) is 39.0. The van der Waals surface area contributed by atoms with Gasteiger partial charge in [0, 0.05) is 23.7 Å². The van der Waals surface area contributed by atoms with Gasteiger partial charge in [-0.1, -0.05) is 35.9 Å². The number of benzene rings is 3. The van der Waals surface area contributed by atoms with Crippen molar-refractivity contribution in [2.45, 2.75) is 13.5 Å². The first-order valence-electron chi connectivity index (χ1n) is 10.0. The van der Waals surface area contributed by atoms with Crippen molar-refractivity contribution in [2.24, 2.45) is 0 Å². The summed E-state index contributed by atoms with van der Waals surface area (Å²) in [5.41, 5.74) is 1.97. The molecule has 0 fully saturated rings. The van der Waals surface area contributed by atoms with Crippen molar-refractivity contribution in [1.82, 2.24) is 9.78 Å². The predicted octanol–water partition coefficient (Wildman–Crippen LogP) is 3.59. The van der Waals surface area contributed by atoms with Gasteiger partial charge >= 0.3 is 5.97 Å². The van der Waals surface area contributed by atoms with E-state index in [2.05, 4.69) is 5.10 Å². The molecule has 0 N–H and O–H groups in total. The van der Waals surface area contributed by atoms with Gasteiger partial charge in [0.25, 0.3) is 11.5 Å². The van der Waals surface area contributed by atoms with E-state index >= 15 is 0 Å². The summed E-state index contributed by atoms with van der Waals surface area (Å²) in [5.74, 6) is -0.452. The number of amides is 1. The number of rotatable bonds is 5. The molecule has 0 radical (unpaired) electrons. The Bertz CT molecular complexity index is 1340. The Labute approximate surface area is 184 Å². The predicted molar refractivity (Wildman–Crippen MR) is 122 cm³/mol. The van der Waals surface area contributed by atoms with Crippen LogP contribution in [0.1, 0.15) is 15.9 Å². The van der Waals surface area contributed by atoms with Crippen LogP contribution in [0.4, 0.5) is 5.69 Å². The van der Waals surface area contributed by atoms with E-state index in [-0.39, 0.29) is 18.0 Å². The number of ether oxygens (including phenoxy) is 1. The zero-order valence-electron chi connectivity index (χ0n) is 17.7. The lowest BCUT2D eigenvalue weighted by molar-refractivity contribution is -0.135. The maximum absolute atomic E-state index is 12.6. The first-order chi connectivity index (χ1) is 15.4. The third kappa shape index (κ3) is 4.41. The summed E-state index contributed by atoms with van der Waals surface area (Å²) in [6, 6.07) is 21.0. The van der Waals surface area contributed by atoms with Crippen LogP contribution in [0.15, 0.2) is 83.8 Å². The lowest BCUT2D eigenvalue weighted by atomic mass is 10.1. The Morgan fingerprint density at radius 3 is 2.38 bits per heavy atom. The summed E-state index contributed by atoms with van der Waals surface area (Å²) >= 11 is 0. The molecule has 1 aromatic heterocycles. The fourth-order valence-corrected chi connectivity index (χ4v) is 3.27. The first-order valence-corrected chi connectivity index (χ1v) is 10.0. The Hall–Kier alpha value is -4.26. The van der Waals surface area contributed by atoms with Crippen LogP contribution in [-0.4, -0.2) is 28.7 Å². The molecule has 4 aromatic rings. The minimum absolute atomic E-state index is 0.142. The zero-order valence-corrected chi connectivity index (χ0v) is 17.7. The molecule has 3 aromatic carbocycles. The summed E-state index contributed by atoms with van der Waals surface area (Å²) in [6.45, 7) is 1.65.